The molecule has 1 aliphatic heterocycles. The van der Waals surface area contributed by atoms with Crippen LogP contribution in [0.2, 0.25) is 0 Å². The molecule has 13 nitrogen and oxygen atoms in total. The molecule has 1 unspecified atom stereocenters. The zero-order valence-electron chi connectivity index (χ0n) is 33.8. The maximum Gasteiger partial charge on any atom is 0.203 e. The number of aromatic nitrogens is 6. The van der Waals surface area contributed by atoms with Crippen LogP contribution in [0, 0.1) is 5.92 Å². The number of H-pyrrole nitrogens is 3. The van der Waals surface area contributed by atoms with Crippen molar-refractivity contribution in [3.8, 4) is 68.3 Å². The minimum Gasteiger partial charge on any atom is -0.493 e. The molecule has 2 aliphatic rings. The van der Waals surface area contributed by atoms with Gasteiger partial charge in [0, 0.05) is 34.2 Å². The summed E-state index contributed by atoms with van der Waals surface area (Å²) < 4.78 is 33.0. The second kappa shape index (κ2) is 16.8. The summed E-state index contributed by atoms with van der Waals surface area (Å²) in [5, 5.41) is 8.55. The third-order valence-electron chi connectivity index (χ3n) is 10.6. The molecule has 5 aromatic carbocycles. The minimum atomic E-state index is 0. The van der Waals surface area contributed by atoms with Crippen LogP contribution < -0.4 is 28.4 Å². The van der Waals surface area contributed by atoms with Crippen molar-refractivity contribution in [2.24, 2.45) is 10.9 Å². The Balaban J connectivity index is 0.000000166. The molecular weight excluding hydrogens is 771 g/mol. The van der Waals surface area contributed by atoms with Gasteiger partial charge < -0.3 is 38.4 Å². The van der Waals surface area contributed by atoms with Crippen LogP contribution in [0.4, 0.5) is 0 Å². The van der Waals surface area contributed by atoms with E-state index in [9.17, 15) is 0 Å². The number of ether oxygens (including phenoxy) is 6. The standard InChI is InChI=1S/C24H21N3O3.C23H20N4O3.CH4/c1-28-20-11-14(12-21(29-2)23(20)30-3)15-8-6-10-19-22(15)27-24(26-19)17-13-25-18-9-5-4-7-16(17)18;1-28-18-11-13(12-19(29-2)22(18)30-3)14-8-6-10-17-20(14)25-23(24-17)21-15-7-4-5-9-16(15)26-27-21;/h4-13,16H,1-3H3,(H,26,27);4-12H,1-3H3,(H,24,25)(H,26,27);1H4. The van der Waals surface area contributed by atoms with Crippen LogP contribution in [0.5, 0.6) is 34.5 Å². The summed E-state index contributed by atoms with van der Waals surface area (Å²) in [5.74, 6) is 5.20. The van der Waals surface area contributed by atoms with Gasteiger partial charge in [0.1, 0.15) is 11.5 Å². The van der Waals surface area contributed by atoms with E-state index in [1.165, 1.54) is 0 Å². The smallest absolute Gasteiger partial charge is 0.203 e. The fourth-order valence-electron chi connectivity index (χ4n) is 7.75. The quantitative estimate of drug-likeness (QED) is 0.122. The lowest BCUT2D eigenvalue weighted by Gasteiger charge is -2.14. The normalized spacial score (nSPS) is 13.8. The van der Waals surface area contributed by atoms with E-state index in [0.29, 0.717) is 40.3 Å². The first-order chi connectivity index (χ1) is 29.5. The SMILES string of the molecule is C.COc1cc(-c2cccc3[nH]c(-c4n[nH]c5ccccc45)nc23)cc(OC)c1OC.COc1cc(-c2cccc3[nH]c(C4=CN=C5C=CC=CC45)nc23)cc(OC)c1OC. The van der Waals surface area contributed by atoms with E-state index in [1.54, 1.807) is 42.7 Å². The van der Waals surface area contributed by atoms with Gasteiger partial charge in [-0.25, -0.2) is 9.97 Å². The molecule has 8 aromatic rings. The molecule has 3 N–H and O–H groups in total. The summed E-state index contributed by atoms with van der Waals surface area (Å²) in [4.78, 5) is 21.2. The van der Waals surface area contributed by atoms with Crippen molar-refractivity contribution in [3.05, 3.63) is 121 Å². The number of imidazole rings is 2. The van der Waals surface area contributed by atoms with Crippen molar-refractivity contribution in [1.29, 1.82) is 0 Å². The number of hydrogen-bond donors (Lipinski definition) is 3. The van der Waals surface area contributed by atoms with Crippen molar-refractivity contribution in [2.75, 3.05) is 42.7 Å². The number of para-hydroxylation sites is 3. The molecule has 0 radical (unpaired) electrons. The van der Waals surface area contributed by atoms with E-state index in [-0.39, 0.29) is 13.3 Å². The number of nitrogens with zero attached hydrogens (tertiary/aromatic N) is 4. The fraction of sp³-hybridized carbons (Fsp3) is 0.167. The molecule has 1 aliphatic carbocycles. The molecule has 0 fully saturated rings. The van der Waals surface area contributed by atoms with Gasteiger partial charge in [-0.3, -0.25) is 10.1 Å². The topological polar surface area (TPSA) is 154 Å². The zero-order valence-corrected chi connectivity index (χ0v) is 33.8. The van der Waals surface area contributed by atoms with Crippen LogP contribution in [0.1, 0.15) is 13.3 Å². The Kier molecular flexibility index (Phi) is 11.0. The first-order valence-corrected chi connectivity index (χ1v) is 19.1. The van der Waals surface area contributed by atoms with Gasteiger partial charge in [-0.15, -0.1) is 0 Å². The summed E-state index contributed by atoms with van der Waals surface area (Å²) in [6.07, 6.45) is 10.1. The maximum absolute atomic E-state index is 5.53. The van der Waals surface area contributed by atoms with Gasteiger partial charge in [0.2, 0.25) is 11.5 Å². The highest BCUT2D eigenvalue weighted by atomic mass is 16.5. The van der Waals surface area contributed by atoms with Crippen LogP contribution in [0.3, 0.4) is 0 Å². The molecule has 0 saturated carbocycles. The average molecular weight is 816 g/mol. The van der Waals surface area contributed by atoms with E-state index in [0.717, 1.165) is 78.0 Å². The first-order valence-electron chi connectivity index (χ1n) is 19.1. The highest BCUT2D eigenvalue weighted by Gasteiger charge is 2.26. The Labute approximate surface area is 352 Å². The van der Waals surface area contributed by atoms with Crippen LogP contribution in [0.25, 0.3) is 72.3 Å². The van der Waals surface area contributed by atoms with Crippen molar-refractivity contribution < 1.29 is 28.4 Å². The monoisotopic (exact) mass is 815 g/mol. The Hall–Kier alpha value is -7.80. The van der Waals surface area contributed by atoms with Crippen LogP contribution >= 0.6 is 0 Å². The van der Waals surface area contributed by atoms with E-state index in [1.807, 2.05) is 109 Å². The van der Waals surface area contributed by atoms with Crippen molar-refractivity contribution in [3.63, 3.8) is 0 Å². The molecule has 0 amide bonds. The van der Waals surface area contributed by atoms with Crippen LogP contribution in [0.15, 0.2) is 120 Å². The van der Waals surface area contributed by atoms with Gasteiger partial charge in [0.05, 0.1) is 76.0 Å². The fourth-order valence-corrected chi connectivity index (χ4v) is 7.75. The Morgan fingerprint density at radius 1 is 0.557 bits per heavy atom. The second-order valence-electron chi connectivity index (χ2n) is 13.9. The van der Waals surface area contributed by atoms with E-state index >= 15 is 0 Å². The molecule has 61 heavy (non-hydrogen) atoms. The van der Waals surface area contributed by atoms with Gasteiger partial charge in [-0.1, -0.05) is 68.1 Å². The highest BCUT2D eigenvalue weighted by molar-refractivity contribution is 6.10. The zero-order chi connectivity index (χ0) is 41.3. The van der Waals surface area contributed by atoms with Crippen LogP contribution in [-0.4, -0.2) is 78.5 Å². The summed E-state index contributed by atoms with van der Waals surface area (Å²) in [6.45, 7) is 0. The number of methoxy groups -OCH3 is 6. The maximum atomic E-state index is 5.53. The number of rotatable bonds is 10. The number of benzene rings is 5. The van der Waals surface area contributed by atoms with E-state index in [4.69, 9.17) is 38.4 Å². The summed E-state index contributed by atoms with van der Waals surface area (Å²) in [5.41, 5.74) is 11.3. The van der Waals surface area contributed by atoms with E-state index < -0.39 is 0 Å². The predicted molar refractivity (Wildman–Crippen MR) is 241 cm³/mol. The van der Waals surface area contributed by atoms with Crippen molar-refractivity contribution in [1.82, 2.24) is 30.1 Å². The molecular formula is C48H45N7O6. The van der Waals surface area contributed by atoms with Gasteiger partial charge in [0.25, 0.3) is 0 Å². The number of hydrogen-bond acceptors (Lipinski definition) is 10. The minimum absolute atomic E-state index is 0. The Morgan fingerprint density at radius 2 is 1.08 bits per heavy atom. The molecule has 1 atom stereocenters. The van der Waals surface area contributed by atoms with Crippen LogP contribution in [-0.2, 0) is 0 Å². The second-order valence-corrected chi connectivity index (χ2v) is 13.9. The number of nitrogens with one attached hydrogen (secondary N) is 3. The molecule has 10 rings (SSSR count). The van der Waals surface area contributed by atoms with Gasteiger partial charge in [-0.2, -0.15) is 5.10 Å². The number of allylic oxidation sites excluding steroid dienone is 5. The summed E-state index contributed by atoms with van der Waals surface area (Å²) in [7, 11) is 9.64. The summed E-state index contributed by atoms with van der Waals surface area (Å²) >= 11 is 0. The molecule has 308 valence electrons. The largest absolute Gasteiger partial charge is 0.493 e. The molecule has 0 bridgehead atoms. The predicted octanol–water partition coefficient (Wildman–Crippen LogP) is 10.2. The van der Waals surface area contributed by atoms with Gasteiger partial charge in [-0.05, 0) is 59.7 Å². The first kappa shape index (κ1) is 40.0. The molecule has 4 heterocycles. The average Bonchev–Trinajstić information content (AvgIpc) is 4.12. The molecule has 0 saturated heterocycles. The Bertz CT molecular complexity index is 2990. The van der Waals surface area contributed by atoms with Gasteiger partial charge in [0.15, 0.2) is 28.8 Å². The lowest BCUT2D eigenvalue weighted by molar-refractivity contribution is 0.324. The lowest BCUT2D eigenvalue weighted by Crippen LogP contribution is -2.10. The summed E-state index contributed by atoms with van der Waals surface area (Å²) in [6, 6.07) is 27.8. The third kappa shape index (κ3) is 7.09. The molecule has 0 spiro atoms. The lowest BCUT2D eigenvalue weighted by atomic mass is 9.92. The number of fused-ring (bicyclic) bond motifs is 4. The molecule has 3 aromatic heterocycles. The molecule has 13 heteroatoms. The number of aliphatic imine (C=N–C) groups is 1. The Morgan fingerprint density at radius 3 is 1.64 bits per heavy atom. The van der Waals surface area contributed by atoms with Crippen molar-refractivity contribution >= 4 is 44.3 Å². The third-order valence-corrected chi connectivity index (χ3v) is 10.6. The van der Waals surface area contributed by atoms with Gasteiger partial charge >= 0.3 is 0 Å². The van der Waals surface area contributed by atoms with E-state index in [2.05, 4.69) is 31.2 Å². The van der Waals surface area contributed by atoms with Crippen molar-refractivity contribution in [2.45, 2.75) is 7.43 Å². The number of aromatic amines is 3. The highest BCUT2D eigenvalue weighted by Crippen LogP contribution is 2.44.